The summed E-state index contributed by atoms with van der Waals surface area (Å²) in [6.07, 6.45) is 0. The topological polar surface area (TPSA) is 40.7 Å². The van der Waals surface area contributed by atoms with E-state index in [0.29, 0.717) is 0 Å². The summed E-state index contributed by atoms with van der Waals surface area (Å²) in [5.74, 6) is 0.899. The van der Waals surface area contributed by atoms with Crippen molar-refractivity contribution in [1.82, 2.24) is 9.97 Å². The van der Waals surface area contributed by atoms with E-state index in [1.54, 1.807) is 0 Å². The summed E-state index contributed by atoms with van der Waals surface area (Å²) in [6.45, 7) is 0. The Kier molecular flexibility index (Phi) is 3.33. The number of aromatic nitrogens is 2. The number of nitrogens with zero attached hydrogens (tertiary/aromatic N) is 1. The standard InChI is InChI=1S/C14H13N3.CH4/c1-15-11-7-3-2-6-10(11)14-16-12-8-4-5-9-13(12)17-14;/h2-9,15H,1H3,(H,16,17);1H4. The first-order valence-electron chi connectivity index (χ1n) is 5.60. The highest BCUT2D eigenvalue weighted by Crippen LogP contribution is 2.26. The monoisotopic (exact) mass is 239 g/mol. The molecular weight excluding hydrogens is 222 g/mol. The van der Waals surface area contributed by atoms with Crippen LogP contribution in [0.2, 0.25) is 0 Å². The second-order valence-corrected chi connectivity index (χ2v) is 3.90. The molecule has 1 heterocycles. The third-order valence-corrected chi connectivity index (χ3v) is 2.84. The fraction of sp³-hybridized carbons (Fsp3) is 0.133. The molecule has 0 spiro atoms. The minimum absolute atomic E-state index is 0. The average Bonchev–Trinajstić information content (AvgIpc) is 2.82. The number of anilines is 1. The van der Waals surface area contributed by atoms with Crippen LogP contribution >= 0.6 is 0 Å². The number of para-hydroxylation sites is 3. The molecule has 0 aliphatic rings. The number of imidazole rings is 1. The van der Waals surface area contributed by atoms with Crippen LogP contribution in [-0.4, -0.2) is 17.0 Å². The smallest absolute Gasteiger partial charge is 0.140 e. The Balaban J connectivity index is 0.00000120. The summed E-state index contributed by atoms with van der Waals surface area (Å²) in [4.78, 5) is 7.93. The second kappa shape index (κ2) is 4.92. The third-order valence-electron chi connectivity index (χ3n) is 2.84. The van der Waals surface area contributed by atoms with Crippen LogP contribution in [0.4, 0.5) is 5.69 Å². The molecule has 3 heteroatoms. The van der Waals surface area contributed by atoms with Crippen molar-refractivity contribution in [2.75, 3.05) is 12.4 Å². The van der Waals surface area contributed by atoms with E-state index in [-0.39, 0.29) is 7.43 Å². The zero-order valence-corrected chi connectivity index (χ0v) is 9.57. The number of H-pyrrole nitrogens is 1. The summed E-state index contributed by atoms with van der Waals surface area (Å²) < 4.78 is 0. The van der Waals surface area contributed by atoms with Crippen LogP contribution in [0.1, 0.15) is 7.43 Å². The van der Waals surface area contributed by atoms with E-state index < -0.39 is 0 Å². The van der Waals surface area contributed by atoms with Gasteiger partial charge in [-0.05, 0) is 24.3 Å². The van der Waals surface area contributed by atoms with Gasteiger partial charge in [0.15, 0.2) is 0 Å². The van der Waals surface area contributed by atoms with Gasteiger partial charge in [0.2, 0.25) is 0 Å². The molecule has 2 aromatic carbocycles. The normalized spacial score (nSPS) is 10.1. The number of fused-ring (bicyclic) bond motifs is 1. The molecule has 18 heavy (non-hydrogen) atoms. The molecule has 0 radical (unpaired) electrons. The summed E-state index contributed by atoms with van der Waals surface area (Å²) in [6, 6.07) is 16.2. The highest BCUT2D eigenvalue weighted by Gasteiger charge is 2.07. The first-order valence-corrected chi connectivity index (χ1v) is 5.60. The SMILES string of the molecule is C.CNc1ccccc1-c1nc2ccccc2[nH]1. The molecule has 0 unspecified atom stereocenters. The Morgan fingerprint density at radius 1 is 1.00 bits per heavy atom. The van der Waals surface area contributed by atoms with Crippen LogP contribution in [0.5, 0.6) is 0 Å². The van der Waals surface area contributed by atoms with Crippen LogP contribution < -0.4 is 5.32 Å². The second-order valence-electron chi connectivity index (χ2n) is 3.90. The molecule has 0 saturated heterocycles. The Morgan fingerprint density at radius 3 is 2.50 bits per heavy atom. The van der Waals surface area contributed by atoms with E-state index in [1.807, 2.05) is 49.5 Å². The van der Waals surface area contributed by atoms with Gasteiger partial charge in [0.05, 0.1) is 11.0 Å². The zero-order valence-electron chi connectivity index (χ0n) is 9.57. The molecule has 0 saturated carbocycles. The molecule has 0 atom stereocenters. The van der Waals surface area contributed by atoms with E-state index in [9.17, 15) is 0 Å². The van der Waals surface area contributed by atoms with E-state index in [4.69, 9.17) is 0 Å². The molecule has 0 aliphatic heterocycles. The fourth-order valence-corrected chi connectivity index (χ4v) is 1.99. The highest BCUT2D eigenvalue weighted by molar-refractivity contribution is 5.82. The van der Waals surface area contributed by atoms with Crippen molar-refractivity contribution in [3.8, 4) is 11.4 Å². The predicted molar refractivity (Wildman–Crippen MR) is 77.8 cm³/mol. The number of hydrogen-bond acceptors (Lipinski definition) is 2. The Hall–Kier alpha value is -2.29. The van der Waals surface area contributed by atoms with E-state index in [0.717, 1.165) is 28.1 Å². The number of nitrogens with one attached hydrogen (secondary N) is 2. The van der Waals surface area contributed by atoms with Gasteiger partial charge in [0.1, 0.15) is 5.82 Å². The molecule has 3 nitrogen and oxygen atoms in total. The number of benzene rings is 2. The Bertz CT molecular complexity index is 622. The molecule has 3 aromatic rings. The first-order chi connectivity index (χ1) is 8.38. The molecule has 0 bridgehead atoms. The molecule has 3 rings (SSSR count). The molecule has 92 valence electrons. The maximum atomic E-state index is 4.60. The minimum atomic E-state index is 0. The van der Waals surface area contributed by atoms with Crippen molar-refractivity contribution in [3.05, 3.63) is 48.5 Å². The fourth-order valence-electron chi connectivity index (χ4n) is 1.99. The van der Waals surface area contributed by atoms with Crippen molar-refractivity contribution in [3.63, 3.8) is 0 Å². The molecule has 0 fully saturated rings. The summed E-state index contributed by atoms with van der Waals surface area (Å²) in [5.41, 5.74) is 4.22. The maximum Gasteiger partial charge on any atom is 0.140 e. The van der Waals surface area contributed by atoms with E-state index >= 15 is 0 Å². The number of aromatic amines is 1. The van der Waals surface area contributed by atoms with Crippen LogP contribution in [0.3, 0.4) is 0 Å². The van der Waals surface area contributed by atoms with Gasteiger partial charge in [-0.25, -0.2) is 4.98 Å². The van der Waals surface area contributed by atoms with Crippen molar-refractivity contribution in [2.45, 2.75) is 7.43 Å². The zero-order chi connectivity index (χ0) is 11.7. The molecule has 1 aromatic heterocycles. The predicted octanol–water partition coefficient (Wildman–Crippen LogP) is 3.91. The van der Waals surface area contributed by atoms with Crippen LogP contribution in [0.15, 0.2) is 48.5 Å². The lowest BCUT2D eigenvalue weighted by Gasteiger charge is -2.05. The van der Waals surface area contributed by atoms with Crippen molar-refractivity contribution < 1.29 is 0 Å². The van der Waals surface area contributed by atoms with Gasteiger partial charge in [-0.1, -0.05) is 31.7 Å². The van der Waals surface area contributed by atoms with Gasteiger partial charge in [-0.2, -0.15) is 0 Å². The van der Waals surface area contributed by atoms with Gasteiger partial charge in [-0.3, -0.25) is 0 Å². The Morgan fingerprint density at radius 2 is 1.72 bits per heavy atom. The first kappa shape index (κ1) is 12.2. The van der Waals surface area contributed by atoms with Crippen LogP contribution in [-0.2, 0) is 0 Å². The van der Waals surface area contributed by atoms with Crippen LogP contribution in [0, 0.1) is 0 Å². The number of hydrogen-bond donors (Lipinski definition) is 2. The quantitative estimate of drug-likeness (QED) is 0.712. The van der Waals surface area contributed by atoms with Gasteiger partial charge in [0.25, 0.3) is 0 Å². The van der Waals surface area contributed by atoms with Gasteiger partial charge in [0, 0.05) is 18.3 Å². The van der Waals surface area contributed by atoms with Gasteiger partial charge >= 0.3 is 0 Å². The highest BCUT2D eigenvalue weighted by atomic mass is 14.9. The third kappa shape index (κ3) is 1.95. The van der Waals surface area contributed by atoms with E-state index in [2.05, 4.69) is 21.4 Å². The van der Waals surface area contributed by atoms with Crippen molar-refractivity contribution in [2.24, 2.45) is 0 Å². The lowest BCUT2D eigenvalue weighted by atomic mass is 10.1. The summed E-state index contributed by atoms with van der Waals surface area (Å²) >= 11 is 0. The molecule has 0 aliphatic carbocycles. The van der Waals surface area contributed by atoms with E-state index in [1.165, 1.54) is 0 Å². The summed E-state index contributed by atoms with van der Waals surface area (Å²) in [7, 11) is 1.92. The largest absolute Gasteiger partial charge is 0.388 e. The lowest BCUT2D eigenvalue weighted by molar-refractivity contribution is 1.33. The van der Waals surface area contributed by atoms with Crippen LogP contribution in [0.25, 0.3) is 22.4 Å². The molecule has 2 N–H and O–H groups in total. The van der Waals surface area contributed by atoms with Gasteiger partial charge in [-0.15, -0.1) is 0 Å². The van der Waals surface area contributed by atoms with Gasteiger partial charge < -0.3 is 10.3 Å². The molecule has 0 amide bonds. The lowest BCUT2D eigenvalue weighted by Crippen LogP contribution is -1.92. The maximum absolute atomic E-state index is 4.60. The summed E-state index contributed by atoms with van der Waals surface area (Å²) in [5, 5.41) is 3.18. The molecular formula is C15H17N3. The minimum Gasteiger partial charge on any atom is -0.388 e. The van der Waals surface area contributed by atoms with Crippen molar-refractivity contribution >= 4 is 16.7 Å². The average molecular weight is 239 g/mol. The Labute approximate surface area is 107 Å². The van der Waals surface area contributed by atoms with Crippen molar-refractivity contribution in [1.29, 1.82) is 0 Å². The number of rotatable bonds is 2.